The molecule has 0 bridgehead atoms. The van der Waals surface area contributed by atoms with Crippen molar-refractivity contribution >= 4 is 5.91 Å². The fourth-order valence-corrected chi connectivity index (χ4v) is 2.27. The molecule has 1 amide bonds. The molecule has 2 rings (SSSR count). The van der Waals surface area contributed by atoms with Gasteiger partial charge < -0.3 is 9.32 Å². The highest BCUT2D eigenvalue weighted by molar-refractivity contribution is 5.81. The summed E-state index contributed by atoms with van der Waals surface area (Å²) >= 11 is 0. The fraction of sp³-hybridized carbons (Fsp3) is 0.786. The average molecular weight is 280 g/mol. The maximum absolute atomic E-state index is 12.2. The van der Waals surface area contributed by atoms with Gasteiger partial charge in [-0.05, 0) is 0 Å². The lowest BCUT2D eigenvalue weighted by molar-refractivity contribution is -0.141. The van der Waals surface area contributed by atoms with Crippen molar-refractivity contribution in [2.75, 3.05) is 26.2 Å². The number of hydrogen-bond acceptors (Lipinski definition) is 5. The van der Waals surface area contributed by atoms with Gasteiger partial charge in [0.25, 0.3) is 0 Å². The second-order valence-corrected chi connectivity index (χ2v) is 6.26. The number of nitrogens with zero attached hydrogens (tertiary/aromatic N) is 4. The van der Waals surface area contributed by atoms with Gasteiger partial charge in [0.15, 0.2) is 0 Å². The van der Waals surface area contributed by atoms with Crippen LogP contribution in [-0.4, -0.2) is 52.1 Å². The quantitative estimate of drug-likeness (QED) is 0.835. The largest absolute Gasteiger partial charge is 0.424 e. The van der Waals surface area contributed by atoms with Crippen LogP contribution in [0.2, 0.25) is 0 Å². The SMILES string of the molecule is CCc1nnc(CN2CCN(C(=O)C(C)(C)C)CC2)o1. The van der Waals surface area contributed by atoms with Crippen molar-refractivity contribution in [3.63, 3.8) is 0 Å². The summed E-state index contributed by atoms with van der Waals surface area (Å²) in [6, 6.07) is 0. The highest BCUT2D eigenvalue weighted by Crippen LogP contribution is 2.19. The van der Waals surface area contributed by atoms with Crippen LogP contribution in [0.25, 0.3) is 0 Å². The molecule has 1 saturated heterocycles. The predicted octanol–water partition coefficient (Wildman–Crippen LogP) is 1.32. The van der Waals surface area contributed by atoms with Gasteiger partial charge in [-0.15, -0.1) is 10.2 Å². The Morgan fingerprint density at radius 2 is 1.75 bits per heavy atom. The molecule has 1 aromatic rings. The molecule has 1 aromatic heterocycles. The average Bonchev–Trinajstić information content (AvgIpc) is 2.85. The Kier molecular flexibility index (Phi) is 4.42. The molecule has 1 fully saturated rings. The predicted molar refractivity (Wildman–Crippen MR) is 75.0 cm³/mol. The molecule has 2 heterocycles. The summed E-state index contributed by atoms with van der Waals surface area (Å²) in [4.78, 5) is 16.4. The molecule has 20 heavy (non-hydrogen) atoms. The highest BCUT2D eigenvalue weighted by Gasteiger charge is 2.29. The smallest absolute Gasteiger partial charge is 0.230 e. The molecule has 0 spiro atoms. The summed E-state index contributed by atoms with van der Waals surface area (Å²) in [5.74, 6) is 1.57. The van der Waals surface area contributed by atoms with Crippen LogP contribution in [-0.2, 0) is 17.8 Å². The van der Waals surface area contributed by atoms with E-state index in [2.05, 4.69) is 15.1 Å². The molecule has 0 atom stereocenters. The number of carbonyl (C=O) groups excluding carboxylic acids is 1. The molecule has 0 unspecified atom stereocenters. The first-order valence-corrected chi connectivity index (χ1v) is 7.23. The summed E-state index contributed by atoms with van der Waals surface area (Å²) in [6.07, 6.45) is 0.765. The zero-order chi connectivity index (χ0) is 14.8. The maximum Gasteiger partial charge on any atom is 0.230 e. The Balaban J connectivity index is 1.84. The number of aryl methyl sites for hydroxylation is 1. The molecular formula is C14H24N4O2. The van der Waals surface area contributed by atoms with Crippen LogP contribution in [0, 0.1) is 5.41 Å². The third-order valence-corrected chi connectivity index (χ3v) is 3.47. The maximum atomic E-state index is 12.2. The Morgan fingerprint density at radius 3 is 2.25 bits per heavy atom. The van der Waals surface area contributed by atoms with Gasteiger partial charge in [-0.1, -0.05) is 27.7 Å². The van der Waals surface area contributed by atoms with Gasteiger partial charge in [0, 0.05) is 38.0 Å². The second-order valence-electron chi connectivity index (χ2n) is 6.26. The molecular weight excluding hydrogens is 256 g/mol. The number of piperazine rings is 1. The minimum Gasteiger partial charge on any atom is -0.424 e. The Labute approximate surface area is 120 Å². The molecule has 1 aliphatic heterocycles. The number of aromatic nitrogens is 2. The third-order valence-electron chi connectivity index (χ3n) is 3.47. The summed E-state index contributed by atoms with van der Waals surface area (Å²) in [5.41, 5.74) is -0.301. The lowest BCUT2D eigenvalue weighted by Crippen LogP contribution is -2.51. The van der Waals surface area contributed by atoms with Crippen LogP contribution in [0.5, 0.6) is 0 Å². The van der Waals surface area contributed by atoms with E-state index in [1.807, 2.05) is 32.6 Å². The van der Waals surface area contributed by atoms with E-state index in [-0.39, 0.29) is 11.3 Å². The number of carbonyl (C=O) groups is 1. The summed E-state index contributed by atoms with van der Waals surface area (Å²) < 4.78 is 5.52. The van der Waals surface area contributed by atoms with Crippen molar-refractivity contribution in [1.82, 2.24) is 20.0 Å². The number of hydrogen-bond donors (Lipinski definition) is 0. The Hall–Kier alpha value is -1.43. The van der Waals surface area contributed by atoms with Crippen molar-refractivity contribution in [2.45, 2.75) is 40.7 Å². The molecule has 0 aromatic carbocycles. The lowest BCUT2D eigenvalue weighted by Gasteiger charge is -2.37. The van der Waals surface area contributed by atoms with Crippen LogP contribution < -0.4 is 0 Å². The third kappa shape index (κ3) is 3.56. The molecule has 1 aliphatic rings. The van der Waals surface area contributed by atoms with Crippen LogP contribution in [0.3, 0.4) is 0 Å². The molecule has 0 N–H and O–H groups in total. The molecule has 6 heteroatoms. The standard InChI is InChI=1S/C14H24N4O2/c1-5-11-15-16-12(20-11)10-17-6-8-18(9-7-17)13(19)14(2,3)4/h5-10H2,1-4H3. The van der Waals surface area contributed by atoms with Crippen LogP contribution >= 0.6 is 0 Å². The minimum absolute atomic E-state index is 0.225. The number of rotatable bonds is 3. The normalized spacial score (nSPS) is 17.5. The van der Waals surface area contributed by atoms with Gasteiger partial charge in [-0.3, -0.25) is 9.69 Å². The Bertz CT molecular complexity index is 456. The van der Waals surface area contributed by atoms with Crippen molar-refractivity contribution in [1.29, 1.82) is 0 Å². The van der Waals surface area contributed by atoms with Crippen molar-refractivity contribution in [3.05, 3.63) is 11.8 Å². The van der Waals surface area contributed by atoms with Gasteiger partial charge >= 0.3 is 0 Å². The summed E-state index contributed by atoms with van der Waals surface area (Å²) in [5, 5.41) is 8.00. The topological polar surface area (TPSA) is 62.5 Å². The molecule has 0 aliphatic carbocycles. The van der Waals surface area contributed by atoms with Crippen LogP contribution in [0.15, 0.2) is 4.42 Å². The zero-order valence-electron chi connectivity index (χ0n) is 12.8. The van der Waals surface area contributed by atoms with Crippen LogP contribution in [0.4, 0.5) is 0 Å². The van der Waals surface area contributed by atoms with E-state index in [4.69, 9.17) is 4.42 Å². The number of amides is 1. The monoisotopic (exact) mass is 280 g/mol. The first kappa shape index (κ1) is 15.0. The van der Waals surface area contributed by atoms with E-state index in [9.17, 15) is 4.79 Å². The first-order chi connectivity index (χ1) is 9.40. The van der Waals surface area contributed by atoms with Gasteiger partial charge in [0.1, 0.15) is 0 Å². The van der Waals surface area contributed by atoms with Gasteiger partial charge in [-0.25, -0.2) is 0 Å². The highest BCUT2D eigenvalue weighted by atomic mass is 16.4. The summed E-state index contributed by atoms with van der Waals surface area (Å²) in [6.45, 7) is 11.8. The first-order valence-electron chi connectivity index (χ1n) is 7.23. The molecule has 0 radical (unpaired) electrons. The molecule has 6 nitrogen and oxygen atoms in total. The van der Waals surface area contributed by atoms with Crippen molar-refractivity contribution in [2.24, 2.45) is 5.41 Å². The summed E-state index contributed by atoms with van der Waals surface area (Å²) in [7, 11) is 0. The molecule has 112 valence electrons. The minimum atomic E-state index is -0.301. The van der Waals surface area contributed by atoms with E-state index in [0.717, 1.165) is 32.6 Å². The lowest BCUT2D eigenvalue weighted by atomic mass is 9.94. The van der Waals surface area contributed by atoms with Gasteiger partial charge in [0.2, 0.25) is 17.7 Å². The van der Waals surface area contributed by atoms with Crippen molar-refractivity contribution in [3.8, 4) is 0 Å². The van der Waals surface area contributed by atoms with Gasteiger partial charge in [-0.2, -0.15) is 0 Å². The fourth-order valence-electron chi connectivity index (χ4n) is 2.27. The van der Waals surface area contributed by atoms with Gasteiger partial charge in [0.05, 0.1) is 6.54 Å². The van der Waals surface area contributed by atoms with Crippen LogP contribution in [0.1, 0.15) is 39.5 Å². The zero-order valence-corrected chi connectivity index (χ0v) is 12.8. The van der Waals surface area contributed by atoms with E-state index in [0.29, 0.717) is 18.3 Å². The van der Waals surface area contributed by atoms with E-state index < -0.39 is 0 Å². The van der Waals surface area contributed by atoms with Crippen molar-refractivity contribution < 1.29 is 9.21 Å². The Morgan fingerprint density at radius 1 is 1.15 bits per heavy atom. The van der Waals surface area contributed by atoms with E-state index in [1.54, 1.807) is 0 Å². The molecule has 0 saturated carbocycles. The van der Waals surface area contributed by atoms with E-state index in [1.165, 1.54) is 0 Å². The van der Waals surface area contributed by atoms with E-state index >= 15 is 0 Å². The second kappa shape index (κ2) is 5.91.